The number of hydrogen-bond acceptors (Lipinski definition) is 5. The lowest BCUT2D eigenvalue weighted by atomic mass is 10.2. The van der Waals surface area contributed by atoms with E-state index in [4.69, 9.17) is 10.6 Å². The summed E-state index contributed by atoms with van der Waals surface area (Å²) in [6, 6.07) is 0. The zero-order valence-corrected chi connectivity index (χ0v) is 10.7. The highest BCUT2D eigenvalue weighted by Gasteiger charge is 2.10. The first-order chi connectivity index (χ1) is 8.08. The fraction of sp³-hybridized carbons (Fsp3) is 0.500. The van der Waals surface area contributed by atoms with Gasteiger partial charge in [0.1, 0.15) is 11.6 Å². The molecule has 0 atom stereocenters. The third-order valence-corrected chi connectivity index (χ3v) is 2.37. The van der Waals surface area contributed by atoms with Crippen LogP contribution in [0, 0.1) is 6.92 Å². The minimum absolute atomic E-state index is 0.570. The lowest BCUT2D eigenvalue weighted by Crippen LogP contribution is -2.14. The van der Waals surface area contributed by atoms with Crippen LogP contribution >= 0.6 is 0 Å². The molecule has 0 radical (unpaired) electrons. The Morgan fingerprint density at radius 2 is 2.18 bits per heavy atom. The van der Waals surface area contributed by atoms with Crippen LogP contribution in [0.4, 0.5) is 5.82 Å². The normalized spacial score (nSPS) is 10.1. The van der Waals surface area contributed by atoms with Crippen molar-refractivity contribution < 1.29 is 4.74 Å². The molecular weight excluding hydrogens is 216 g/mol. The van der Waals surface area contributed by atoms with Crippen LogP contribution in [-0.4, -0.2) is 16.6 Å². The predicted octanol–water partition coefficient (Wildman–Crippen LogP) is 1.98. The lowest BCUT2D eigenvalue weighted by molar-refractivity contribution is 0.305. The Hall–Kier alpha value is -1.62. The van der Waals surface area contributed by atoms with Crippen molar-refractivity contribution >= 4 is 5.82 Å². The molecule has 0 saturated carbocycles. The van der Waals surface area contributed by atoms with Crippen LogP contribution in [0.1, 0.15) is 31.7 Å². The Bertz CT molecular complexity index is 404. The van der Waals surface area contributed by atoms with Gasteiger partial charge in [-0.25, -0.2) is 10.8 Å². The van der Waals surface area contributed by atoms with E-state index in [2.05, 4.69) is 22.0 Å². The Morgan fingerprint density at radius 1 is 1.47 bits per heavy atom. The van der Waals surface area contributed by atoms with Crippen molar-refractivity contribution in [2.45, 2.75) is 33.6 Å². The molecule has 0 saturated heterocycles. The van der Waals surface area contributed by atoms with Crippen molar-refractivity contribution in [3.63, 3.8) is 0 Å². The summed E-state index contributed by atoms with van der Waals surface area (Å²) in [5.74, 6) is 7.33. The number of nitrogens with two attached hydrogens (primary N) is 1. The van der Waals surface area contributed by atoms with E-state index in [0.29, 0.717) is 24.1 Å². The molecule has 3 N–H and O–H groups in total. The zero-order chi connectivity index (χ0) is 12.8. The summed E-state index contributed by atoms with van der Waals surface area (Å²) in [7, 11) is 0. The largest absolute Gasteiger partial charge is 0.477 e. The molecule has 0 aromatic carbocycles. The first kappa shape index (κ1) is 13.4. The monoisotopic (exact) mass is 236 g/mol. The molecule has 0 spiro atoms. The van der Waals surface area contributed by atoms with Gasteiger partial charge in [-0.05, 0) is 13.8 Å². The summed E-state index contributed by atoms with van der Waals surface area (Å²) in [6.07, 6.45) is 1.56. The SMILES string of the molecule is C=C(C)CCOc1nc(CC)nc(NN)c1C. The number of anilines is 1. The fourth-order valence-electron chi connectivity index (χ4n) is 1.30. The Labute approximate surface area is 102 Å². The van der Waals surface area contributed by atoms with Crippen LogP contribution in [0.3, 0.4) is 0 Å². The maximum Gasteiger partial charge on any atom is 0.221 e. The van der Waals surface area contributed by atoms with Crippen LogP contribution < -0.4 is 16.0 Å². The fourth-order valence-corrected chi connectivity index (χ4v) is 1.30. The van der Waals surface area contributed by atoms with E-state index in [1.807, 2.05) is 20.8 Å². The summed E-state index contributed by atoms with van der Waals surface area (Å²) in [4.78, 5) is 8.61. The van der Waals surface area contributed by atoms with Gasteiger partial charge >= 0.3 is 0 Å². The van der Waals surface area contributed by atoms with Crippen LogP contribution in [0.25, 0.3) is 0 Å². The smallest absolute Gasteiger partial charge is 0.221 e. The number of hydrogen-bond donors (Lipinski definition) is 2. The summed E-state index contributed by atoms with van der Waals surface area (Å²) >= 11 is 0. The molecule has 1 rings (SSSR count). The van der Waals surface area contributed by atoms with Gasteiger partial charge in [-0.15, -0.1) is 6.58 Å². The van der Waals surface area contributed by atoms with E-state index in [0.717, 1.165) is 24.0 Å². The van der Waals surface area contributed by atoms with Crippen LogP contribution in [0.5, 0.6) is 5.88 Å². The molecule has 17 heavy (non-hydrogen) atoms. The Morgan fingerprint density at radius 3 is 2.71 bits per heavy atom. The van der Waals surface area contributed by atoms with E-state index in [9.17, 15) is 0 Å². The number of ether oxygens (including phenoxy) is 1. The quantitative estimate of drug-likeness (QED) is 0.449. The van der Waals surface area contributed by atoms with Gasteiger partial charge in [0.05, 0.1) is 12.2 Å². The number of nitrogens with zero attached hydrogens (tertiary/aromatic N) is 2. The molecule has 1 aromatic rings. The molecule has 5 heteroatoms. The van der Waals surface area contributed by atoms with Crippen molar-refractivity contribution in [3.8, 4) is 5.88 Å². The molecule has 5 nitrogen and oxygen atoms in total. The predicted molar refractivity (Wildman–Crippen MR) is 68.9 cm³/mol. The molecule has 94 valence electrons. The Balaban J connectivity index is 2.85. The summed E-state index contributed by atoms with van der Waals surface area (Å²) < 4.78 is 5.63. The molecule has 1 aromatic heterocycles. The first-order valence-electron chi connectivity index (χ1n) is 5.69. The average molecular weight is 236 g/mol. The van der Waals surface area contributed by atoms with Gasteiger partial charge < -0.3 is 10.2 Å². The van der Waals surface area contributed by atoms with Crippen LogP contribution in [0.2, 0.25) is 0 Å². The molecule has 1 heterocycles. The third-order valence-electron chi connectivity index (χ3n) is 2.37. The minimum atomic E-state index is 0.570. The first-order valence-corrected chi connectivity index (χ1v) is 5.69. The highest BCUT2D eigenvalue weighted by atomic mass is 16.5. The number of nitrogens with one attached hydrogen (secondary N) is 1. The second-order valence-corrected chi connectivity index (χ2v) is 3.97. The number of nitrogen functional groups attached to an aromatic ring is 1. The molecular formula is C12H20N4O. The van der Waals surface area contributed by atoms with Crippen LogP contribution in [0.15, 0.2) is 12.2 Å². The van der Waals surface area contributed by atoms with Crippen molar-refractivity contribution in [2.24, 2.45) is 5.84 Å². The molecule has 0 aliphatic rings. The molecule has 0 fully saturated rings. The molecule has 0 aliphatic carbocycles. The van der Waals surface area contributed by atoms with E-state index in [1.54, 1.807) is 0 Å². The van der Waals surface area contributed by atoms with Crippen molar-refractivity contribution in [3.05, 3.63) is 23.5 Å². The molecule has 0 bridgehead atoms. The maximum absolute atomic E-state index is 5.63. The van der Waals surface area contributed by atoms with Gasteiger partial charge in [-0.2, -0.15) is 4.98 Å². The second-order valence-electron chi connectivity index (χ2n) is 3.97. The van der Waals surface area contributed by atoms with E-state index in [1.165, 1.54) is 0 Å². The van der Waals surface area contributed by atoms with Gasteiger partial charge in [-0.3, -0.25) is 0 Å². The Kier molecular flexibility index (Phi) is 4.90. The summed E-state index contributed by atoms with van der Waals surface area (Å²) in [5.41, 5.74) is 4.47. The lowest BCUT2D eigenvalue weighted by Gasteiger charge is -2.12. The number of hydrazine groups is 1. The maximum atomic E-state index is 5.63. The van der Waals surface area contributed by atoms with Crippen LogP contribution in [-0.2, 0) is 6.42 Å². The molecule has 0 unspecified atom stereocenters. The number of rotatable bonds is 6. The highest BCUT2D eigenvalue weighted by molar-refractivity contribution is 5.47. The van der Waals surface area contributed by atoms with E-state index < -0.39 is 0 Å². The number of aromatic nitrogens is 2. The van der Waals surface area contributed by atoms with E-state index >= 15 is 0 Å². The second kappa shape index (κ2) is 6.20. The molecule has 0 amide bonds. The van der Waals surface area contributed by atoms with E-state index in [-0.39, 0.29) is 0 Å². The summed E-state index contributed by atoms with van der Waals surface area (Å²) in [6.45, 7) is 10.2. The van der Waals surface area contributed by atoms with Crippen molar-refractivity contribution in [1.82, 2.24) is 9.97 Å². The third kappa shape index (κ3) is 3.71. The van der Waals surface area contributed by atoms with Crippen molar-refractivity contribution in [1.29, 1.82) is 0 Å². The average Bonchev–Trinajstić information content (AvgIpc) is 2.31. The van der Waals surface area contributed by atoms with Gasteiger partial charge in [0.25, 0.3) is 0 Å². The van der Waals surface area contributed by atoms with Gasteiger partial charge in [-0.1, -0.05) is 12.5 Å². The van der Waals surface area contributed by atoms with Crippen molar-refractivity contribution in [2.75, 3.05) is 12.0 Å². The standard InChI is InChI=1S/C12H20N4O/c1-5-10-14-11(16-13)9(4)12(15-10)17-7-6-8(2)3/h2,5-7,13H2,1,3-4H3,(H,14,15,16). The molecule has 0 aliphatic heterocycles. The van der Waals surface area contributed by atoms with Gasteiger partial charge in [0, 0.05) is 12.8 Å². The minimum Gasteiger partial charge on any atom is -0.477 e. The summed E-state index contributed by atoms with van der Waals surface area (Å²) in [5, 5.41) is 0. The zero-order valence-electron chi connectivity index (χ0n) is 10.7. The number of aryl methyl sites for hydroxylation is 1. The van der Waals surface area contributed by atoms with Gasteiger partial charge in [0.15, 0.2) is 0 Å². The highest BCUT2D eigenvalue weighted by Crippen LogP contribution is 2.21. The topological polar surface area (TPSA) is 73.1 Å². The van der Waals surface area contributed by atoms with Gasteiger partial charge in [0.2, 0.25) is 5.88 Å².